The number of piperazine rings is 1. The fraction of sp³-hybridized carbons (Fsp3) is 0.538. The molecule has 110 valence electrons. The average Bonchev–Trinajstić information content (AvgIpc) is 2.76. The van der Waals surface area contributed by atoms with Crippen LogP contribution in [-0.2, 0) is 11.3 Å². The number of hydrogen-bond acceptors (Lipinski definition) is 5. The maximum Gasteiger partial charge on any atom is 0.275 e. The third-order valence-electron chi connectivity index (χ3n) is 3.75. The number of nitrogens with zero attached hydrogens (tertiary/aromatic N) is 1. The van der Waals surface area contributed by atoms with E-state index in [9.17, 15) is 9.59 Å². The first kappa shape index (κ1) is 15.0. The highest BCUT2D eigenvalue weighted by atomic mass is 32.1. The first-order valence-electron chi connectivity index (χ1n) is 6.50. The minimum atomic E-state index is -0.539. The lowest BCUT2D eigenvalue weighted by Gasteiger charge is -2.41. The van der Waals surface area contributed by atoms with Crippen LogP contribution in [0, 0.1) is 6.92 Å². The summed E-state index contributed by atoms with van der Waals surface area (Å²) >= 11 is 1.42. The van der Waals surface area contributed by atoms with Gasteiger partial charge in [-0.05, 0) is 32.4 Å². The Morgan fingerprint density at radius 2 is 2.30 bits per heavy atom. The summed E-state index contributed by atoms with van der Waals surface area (Å²) in [7, 11) is 0. The van der Waals surface area contributed by atoms with Gasteiger partial charge in [-0.25, -0.2) is 5.84 Å². The van der Waals surface area contributed by atoms with Crippen molar-refractivity contribution < 1.29 is 9.59 Å². The molecule has 1 aliphatic heterocycles. The molecule has 0 saturated carbocycles. The Hall–Kier alpha value is -1.44. The molecule has 2 heterocycles. The van der Waals surface area contributed by atoms with Crippen LogP contribution in [0.25, 0.3) is 0 Å². The monoisotopic (exact) mass is 296 g/mol. The van der Waals surface area contributed by atoms with Crippen LogP contribution >= 0.6 is 11.3 Å². The van der Waals surface area contributed by atoms with E-state index < -0.39 is 5.54 Å². The maximum absolute atomic E-state index is 11.9. The van der Waals surface area contributed by atoms with E-state index >= 15 is 0 Å². The van der Waals surface area contributed by atoms with E-state index in [0.29, 0.717) is 18.0 Å². The normalized spacial score (nSPS) is 18.7. The molecule has 6 nitrogen and oxygen atoms in total. The number of nitrogen functional groups attached to an aromatic ring is 1. The van der Waals surface area contributed by atoms with Gasteiger partial charge in [-0.2, -0.15) is 0 Å². The molecule has 0 atom stereocenters. The van der Waals surface area contributed by atoms with E-state index in [1.54, 1.807) is 0 Å². The Bertz CT molecular complexity index is 538. The van der Waals surface area contributed by atoms with Crippen LogP contribution in [0.15, 0.2) is 6.07 Å². The number of hydrogen-bond donors (Lipinski definition) is 3. The Morgan fingerprint density at radius 1 is 1.60 bits per heavy atom. The summed E-state index contributed by atoms with van der Waals surface area (Å²) in [6.07, 6.45) is 0. The minimum Gasteiger partial charge on any atom is -0.353 e. The van der Waals surface area contributed by atoms with Crippen molar-refractivity contribution in [3.8, 4) is 0 Å². The van der Waals surface area contributed by atoms with Gasteiger partial charge >= 0.3 is 0 Å². The maximum atomic E-state index is 11.9. The number of aryl methyl sites for hydroxylation is 1. The Balaban J connectivity index is 2.19. The summed E-state index contributed by atoms with van der Waals surface area (Å²) in [6, 6.07) is 1.85. The Morgan fingerprint density at radius 3 is 2.95 bits per heavy atom. The second-order valence-corrected chi connectivity index (χ2v) is 6.66. The minimum absolute atomic E-state index is 0.0385. The van der Waals surface area contributed by atoms with Crippen molar-refractivity contribution in [2.75, 3.05) is 13.1 Å². The van der Waals surface area contributed by atoms with Crippen molar-refractivity contribution in [1.29, 1.82) is 0 Å². The molecule has 0 aliphatic carbocycles. The molecule has 2 rings (SSSR count). The lowest BCUT2D eigenvalue weighted by Crippen LogP contribution is -2.61. The van der Waals surface area contributed by atoms with Crippen molar-refractivity contribution in [3.05, 3.63) is 21.4 Å². The third kappa shape index (κ3) is 2.70. The van der Waals surface area contributed by atoms with Gasteiger partial charge in [0, 0.05) is 24.5 Å². The van der Waals surface area contributed by atoms with Crippen molar-refractivity contribution >= 4 is 23.2 Å². The molecule has 2 amide bonds. The number of carbonyl (C=O) groups excluding carboxylic acids is 2. The zero-order valence-electron chi connectivity index (χ0n) is 11.9. The van der Waals surface area contributed by atoms with Gasteiger partial charge in [0.25, 0.3) is 5.91 Å². The molecule has 0 unspecified atom stereocenters. The number of carbonyl (C=O) groups is 2. The first-order valence-corrected chi connectivity index (χ1v) is 7.31. The second kappa shape index (κ2) is 5.51. The van der Waals surface area contributed by atoms with Crippen LogP contribution in [0.3, 0.4) is 0 Å². The molecule has 1 saturated heterocycles. The summed E-state index contributed by atoms with van der Waals surface area (Å²) < 4.78 is 0. The van der Waals surface area contributed by atoms with Gasteiger partial charge in [-0.15, -0.1) is 11.3 Å². The number of rotatable bonds is 3. The molecule has 0 spiro atoms. The van der Waals surface area contributed by atoms with E-state index in [-0.39, 0.29) is 11.8 Å². The second-order valence-electron chi connectivity index (χ2n) is 5.40. The van der Waals surface area contributed by atoms with E-state index in [4.69, 9.17) is 5.84 Å². The number of thiophene rings is 1. The van der Waals surface area contributed by atoms with Crippen molar-refractivity contribution in [2.45, 2.75) is 32.9 Å². The lowest BCUT2D eigenvalue weighted by molar-refractivity contribution is -0.135. The van der Waals surface area contributed by atoms with E-state index in [1.807, 2.05) is 26.8 Å². The van der Waals surface area contributed by atoms with Crippen molar-refractivity contribution in [1.82, 2.24) is 15.6 Å². The molecule has 7 heteroatoms. The standard InChI is InChI=1S/C13H20N4O2S/c1-8-9(6-10(20-8)11(18)16-14)7-17-5-4-15-12(19)13(17,2)3/h6H,4-5,7,14H2,1-3H3,(H,15,19)(H,16,18). The fourth-order valence-corrected chi connectivity index (χ4v) is 3.22. The molecule has 0 bridgehead atoms. The number of hydrazine groups is 1. The molecule has 1 aromatic heterocycles. The van der Waals surface area contributed by atoms with Gasteiger partial charge in [-0.3, -0.25) is 19.9 Å². The van der Waals surface area contributed by atoms with Gasteiger partial charge in [0.15, 0.2) is 0 Å². The van der Waals surface area contributed by atoms with Crippen LogP contribution in [-0.4, -0.2) is 35.3 Å². The average molecular weight is 296 g/mol. The molecule has 1 aromatic rings. The fourth-order valence-electron chi connectivity index (χ4n) is 2.29. The molecule has 4 N–H and O–H groups in total. The topological polar surface area (TPSA) is 87.5 Å². The van der Waals surface area contributed by atoms with Gasteiger partial charge in [0.1, 0.15) is 0 Å². The molecule has 0 aromatic carbocycles. The van der Waals surface area contributed by atoms with E-state index in [1.165, 1.54) is 11.3 Å². The molecule has 1 aliphatic rings. The summed E-state index contributed by atoms with van der Waals surface area (Å²) in [6.45, 7) is 7.91. The number of amides is 2. The van der Waals surface area contributed by atoms with Gasteiger partial charge in [0.05, 0.1) is 10.4 Å². The summed E-state index contributed by atoms with van der Waals surface area (Å²) in [4.78, 5) is 27.3. The summed E-state index contributed by atoms with van der Waals surface area (Å²) in [5, 5.41) is 2.88. The van der Waals surface area contributed by atoms with Gasteiger partial charge in [0.2, 0.25) is 5.91 Å². The number of nitrogens with two attached hydrogens (primary N) is 1. The highest BCUT2D eigenvalue weighted by Crippen LogP contribution is 2.26. The molecule has 1 fully saturated rings. The van der Waals surface area contributed by atoms with Crippen LogP contribution in [0.1, 0.15) is 34.0 Å². The zero-order chi connectivity index (χ0) is 14.9. The predicted octanol–water partition coefficient (Wildman–Crippen LogP) is 0.370. The van der Waals surface area contributed by atoms with Crippen LogP contribution in [0.2, 0.25) is 0 Å². The lowest BCUT2D eigenvalue weighted by atomic mass is 9.98. The predicted molar refractivity (Wildman–Crippen MR) is 78.2 cm³/mol. The number of nitrogens with one attached hydrogen (secondary N) is 2. The highest BCUT2D eigenvalue weighted by molar-refractivity contribution is 7.14. The smallest absolute Gasteiger partial charge is 0.275 e. The quantitative estimate of drug-likeness (QED) is 0.427. The zero-order valence-corrected chi connectivity index (χ0v) is 12.8. The molecule has 20 heavy (non-hydrogen) atoms. The highest BCUT2D eigenvalue weighted by Gasteiger charge is 2.37. The van der Waals surface area contributed by atoms with Crippen molar-refractivity contribution in [3.63, 3.8) is 0 Å². The van der Waals surface area contributed by atoms with E-state index in [2.05, 4.69) is 15.6 Å². The largest absolute Gasteiger partial charge is 0.353 e. The summed E-state index contributed by atoms with van der Waals surface area (Å²) in [5.41, 5.74) is 2.67. The molecular formula is C13H20N4O2S. The van der Waals surface area contributed by atoms with Crippen LogP contribution < -0.4 is 16.6 Å². The van der Waals surface area contributed by atoms with Crippen LogP contribution in [0.5, 0.6) is 0 Å². The van der Waals surface area contributed by atoms with Crippen LogP contribution in [0.4, 0.5) is 0 Å². The first-order chi connectivity index (χ1) is 9.36. The molecular weight excluding hydrogens is 276 g/mol. The summed E-state index contributed by atoms with van der Waals surface area (Å²) in [5.74, 6) is 4.91. The Kier molecular flexibility index (Phi) is 4.12. The molecule has 0 radical (unpaired) electrons. The van der Waals surface area contributed by atoms with Gasteiger partial charge < -0.3 is 5.32 Å². The Labute approximate surface area is 122 Å². The van der Waals surface area contributed by atoms with Gasteiger partial charge in [-0.1, -0.05) is 0 Å². The SMILES string of the molecule is Cc1sc(C(=O)NN)cc1CN1CCNC(=O)C1(C)C. The third-order valence-corrected chi connectivity index (χ3v) is 4.84. The van der Waals surface area contributed by atoms with Crippen molar-refractivity contribution in [2.24, 2.45) is 5.84 Å². The van der Waals surface area contributed by atoms with E-state index in [0.717, 1.165) is 17.0 Å².